The van der Waals surface area contributed by atoms with Gasteiger partial charge in [-0.3, -0.25) is 0 Å². The molecule has 230 valence electrons. The highest BCUT2D eigenvalue weighted by atomic mass is 31.2. The van der Waals surface area contributed by atoms with Crippen LogP contribution in [0.4, 0.5) is 0 Å². The lowest BCUT2D eigenvalue weighted by atomic mass is 9.70. The summed E-state index contributed by atoms with van der Waals surface area (Å²) in [6.45, 7) is 32.2. The highest BCUT2D eigenvalue weighted by Gasteiger charge is 2.30. The molecule has 2 N–H and O–H groups in total. The van der Waals surface area contributed by atoms with E-state index < -0.39 is 8.60 Å². The van der Waals surface area contributed by atoms with Crippen LogP contribution in [0.5, 0.6) is 0 Å². The summed E-state index contributed by atoms with van der Waals surface area (Å²) in [5.74, 6) is 0.306. The molecule has 0 saturated heterocycles. The van der Waals surface area contributed by atoms with Crippen molar-refractivity contribution in [3.63, 3.8) is 0 Å². The maximum absolute atomic E-state index is 9.03. The minimum atomic E-state index is -2.32. The van der Waals surface area contributed by atoms with Gasteiger partial charge in [-0.25, -0.2) is 0 Å². The molecule has 0 fully saturated rings. The van der Waals surface area contributed by atoms with Crippen molar-refractivity contribution in [3.05, 3.63) is 81.9 Å². The van der Waals surface area contributed by atoms with E-state index in [1.54, 1.807) is 0 Å². The lowest BCUT2D eigenvalue weighted by Gasteiger charge is -2.34. The van der Waals surface area contributed by atoms with Gasteiger partial charge in [-0.05, 0) is 74.3 Å². The first-order valence-corrected chi connectivity index (χ1v) is 16.6. The van der Waals surface area contributed by atoms with Gasteiger partial charge in [0.05, 0.1) is 6.61 Å². The highest BCUT2D eigenvalue weighted by Crippen LogP contribution is 2.43. The fraction of sp³-hybridized carbons (Fsp3) is 0.622. The van der Waals surface area contributed by atoms with Crippen LogP contribution >= 0.6 is 8.60 Å². The van der Waals surface area contributed by atoms with E-state index in [4.69, 9.17) is 14.3 Å². The Labute approximate surface area is 253 Å². The van der Waals surface area contributed by atoms with Crippen LogP contribution in [0, 0.1) is 0 Å². The second kappa shape index (κ2) is 13.9. The Morgan fingerprint density at radius 3 is 1.49 bits per heavy atom. The van der Waals surface area contributed by atoms with E-state index >= 15 is 0 Å². The molecule has 0 heterocycles. The van der Waals surface area contributed by atoms with E-state index in [0.717, 1.165) is 37.7 Å². The van der Waals surface area contributed by atoms with E-state index in [0.29, 0.717) is 5.92 Å². The first-order valence-electron chi connectivity index (χ1n) is 15.4. The zero-order valence-electron chi connectivity index (χ0n) is 28.2. The van der Waals surface area contributed by atoms with Gasteiger partial charge in [-0.1, -0.05) is 144 Å². The second-order valence-electron chi connectivity index (χ2n) is 16.0. The monoisotopic (exact) mass is 582 g/mol. The third-order valence-electron chi connectivity index (χ3n) is 8.11. The Balaban J connectivity index is 2.57. The molecule has 2 aromatic carbocycles. The normalized spacial score (nSPS) is 13.4. The number of hydrogen-bond donors (Lipinski definition) is 2. The molecule has 0 amide bonds. The number of hydrogen-bond acceptors (Lipinski definition) is 3. The number of benzene rings is 2. The molecule has 0 unspecified atom stereocenters. The lowest BCUT2D eigenvalue weighted by Crippen LogP contribution is -2.23. The Kier molecular flexibility index (Phi) is 12.1. The van der Waals surface area contributed by atoms with Crippen molar-refractivity contribution in [1.82, 2.24) is 0 Å². The molecule has 3 nitrogen and oxygen atoms in total. The van der Waals surface area contributed by atoms with Gasteiger partial charge in [0.15, 0.2) is 0 Å². The van der Waals surface area contributed by atoms with Gasteiger partial charge in [0.1, 0.15) is 0 Å². The fourth-order valence-corrected chi connectivity index (χ4v) is 5.85. The maximum atomic E-state index is 9.03. The molecular formula is C37H59O3P. The van der Waals surface area contributed by atoms with Gasteiger partial charge in [0.25, 0.3) is 0 Å². The van der Waals surface area contributed by atoms with Crippen LogP contribution in [0.3, 0.4) is 0 Å². The smallest absolute Gasteiger partial charge is 0.327 e. The summed E-state index contributed by atoms with van der Waals surface area (Å²) in [7, 11) is -2.32. The minimum Gasteiger partial charge on any atom is -0.328 e. The Bertz CT molecular complexity index is 1080. The standard InChI is InChI=1S/C37H59O3P/c1-26(25-40-41(38)39)17-15-14-16-18-29(30-21-19-27(34(2,3)4)23-32(30)36(8,9)10)31-22-20-28(35(5,6)7)24-33(31)37(11,12)13/h19-24,29,38-39H,1,14-18,25H2,2-13H3. The fourth-order valence-electron chi connectivity index (χ4n) is 5.55. The molecule has 2 aromatic rings. The average molecular weight is 583 g/mol. The molecule has 0 radical (unpaired) electrons. The first kappa shape index (κ1) is 35.7. The van der Waals surface area contributed by atoms with Crippen molar-refractivity contribution in [2.75, 3.05) is 6.61 Å². The van der Waals surface area contributed by atoms with Gasteiger partial charge in [-0.2, -0.15) is 0 Å². The largest absolute Gasteiger partial charge is 0.328 e. The van der Waals surface area contributed by atoms with Crippen molar-refractivity contribution in [3.8, 4) is 0 Å². The molecular weight excluding hydrogens is 523 g/mol. The molecule has 0 aliphatic heterocycles. The summed E-state index contributed by atoms with van der Waals surface area (Å²) in [4.78, 5) is 18.1. The Hall–Kier alpha value is -1.51. The third-order valence-corrected chi connectivity index (χ3v) is 8.47. The van der Waals surface area contributed by atoms with Crippen molar-refractivity contribution in [1.29, 1.82) is 0 Å². The molecule has 0 spiro atoms. The molecule has 0 bridgehead atoms. The molecule has 0 aliphatic rings. The van der Waals surface area contributed by atoms with Crippen LogP contribution in [-0.4, -0.2) is 16.4 Å². The minimum absolute atomic E-state index is 0.0264. The van der Waals surface area contributed by atoms with Gasteiger partial charge in [0, 0.05) is 5.92 Å². The number of rotatable bonds is 11. The summed E-state index contributed by atoms with van der Waals surface area (Å²) < 4.78 is 4.95. The highest BCUT2D eigenvalue weighted by molar-refractivity contribution is 7.39. The predicted molar refractivity (Wildman–Crippen MR) is 179 cm³/mol. The summed E-state index contributed by atoms with van der Waals surface area (Å²) in [5, 5.41) is 0. The molecule has 2 rings (SSSR count). The quantitative estimate of drug-likeness (QED) is 0.157. The van der Waals surface area contributed by atoms with E-state index in [1.807, 2.05) is 0 Å². The van der Waals surface area contributed by atoms with Crippen LogP contribution < -0.4 is 0 Å². The van der Waals surface area contributed by atoms with Gasteiger partial charge in [0.2, 0.25) is 0 Å². The van der Waals surface area contributed by atoms with Crippen molar-refractivity contribution >= 4 is 8.60 Å². The Morgan fingerprint density at radius 1 is 0.683 bits per heavy atom. The molecule has 0 aromatic heterocycles. The Morgan fingerprint density at radius 2 is 1.12 bits per heavy atom. The summed E-state index contributed by atoms with van der Waals surface area (Å²) in [5.41, 5.74) is 9.74. The molecule has 0 atom stereocenters. The van der Waals surface area contributed by atoms with Gasteiger partial charge < -0.3 is 14.3 Å². The van der Waals surface area contributed by atoms with Crippen molar-refractivity contribution in [2.24, 2.45) is 0 Å². The van der Waals surface area contributed by atoms with Crippen LogP contribution in [-0.2, 0) is 26.2 Å². The van der Waals surface area contributed by atoms with Crippen LogP contribution in [0.2, 0.25) is 0 Å². The third kappa shape index (κ3) is 10.6. The van der Waals surface area contributed by atoms with Crippen LogP contribution in [0.25, 0.3) is 0 Å². The maximum Gasteiger partial charge on any atom is 0.327 e. The summed E-state index contributed by atoms with van der Waals surface area (Å²) >= 11 is 0. The zero-order chi connectivity index (χ0) is 31.4. The van der Waals surface area contributed by atoms with E-state index in [1.165, 1.54) is 33.4 Å². The number of unbranched alkanes of at least 4 members (excludes halogenated alkanes) is 2. The molecule has 41 heavy (non-hydrogen) atoms. The van der Waals surface area contributed by atoms with E-state index in [2.05, 4.69) is 126 Å². The molecule has 0 saturated carbocycles. The van der Waals surface area contributed by atoms with Crippen LogP contribution in [0.1, 0.15) is 154 Å². The summed E-state index contributed by atoms with van der Waals surface area (Å²) in [6.07, 6.45) is 5.15. The van der Waals surface area contributed by atoms with Crippen molar-refractivity contribution < 1.29 is 14.3 Å². The summed E-state index contributed by atoms with van der Waals surface area (Å²) in [6, 6.07) is 14.5. The van der Waals surface area contributed by atoms with Crippen LogP contribution in [0.15, 0.2) is 48.6 Å². The topological polar surface area (TPSA) is 49.7 Å². The van der Waals surface area contributed by atoms with E-state index in [9.17, 15) is 0 Å². The second-order valence-corrected chi connectivity index (χ2v) is 16.8. The molecule has 4 heteroatoms. The predicted octanol–water partition coefficient (Wildman–Crippen LogP) is 10.7. The van der Waals surface area contributed by atoms with E-state index in [-0.39, 0.29) is 28.3 Å². The first-order chi connectivity index (χ1) is 18.6. The molecule has 0 aliphatic carbocycles. The lowest BCUT2D eigenvalue weighted by molar-refractivity contribution is 0.273. The van der Waals surface area contributed by atoms with Crippen molar-refractivity contribution in [2.45, 2.75) is 143 Å². The zero-order valence-corrected chi connectivity index (χ0v) is 29.1. The van der Waals surface area contributed by atoms with Gasteiger partial charge in [-0.15, -0.1) is 0 Å². The average Bonchev–Trinajstić information content (AvgIpc) is 2.82. The van der Waals surface area contributed by atoms with Gasteiger partial charge >= 0.3 is 8.60 Å². The SMILES string of the molecule is C=C(CCCCCC(c1ccc(C(C)(C)C)cc1C(C)(C)C)c1ccc(C(C)(C)C)cc1C(C)(C)C)COP(O)O.